The molecule has 2 aliphatic rings. The van der Waals surface area contributed by atoms with Crippen LogP contribution in [0.15, 0.2) is 16.6 Å². The van der Waals surface area contributed by atoms with E-state index < -0.39 is 0 Å². The number of hydrogen-bond acceptors (Lipinski definition) is 5. The fourth-order valence-corrected chi connectivity index (χ4v) is 4.16. The number of piperidine rings is 1. The molecule has 1 aromatic carbocycles. The van der Waals surface area contributed by atoms with Crippen LogP contribution in [0, 0.1) is 10.1 Å². The number of benzene rings is 1. The Bertz CT molecular complexity index is 582. The van der Waals surface area contributed by atoms with E-state index in [1.165, 1.54) is 25.9 Å². The Morgan fingerprint density at radius 2 is 1.87 bits per heavy atom. The van der Waals surface area contributed by atoms with Crippen LogP contribution in [0.2, 0.25) is 0 Å². The lowest BCUT2D eigenvalue weighted by Gasteiger charge is -2.37. The lowest BCUT2D eigenvalue weighted by atomic mass is 10.0. The fraction of sp³-hybridized carbons (Fsp3) is 0.625. The van der Waals surface area contributed by atoms with Gasteiger partial charge in [0.05, 0.1) is 16.5 Å². The molecule has 0 atom stereocenters. The van der Waals surface area contributed by atoms with Gasteiger partial charge in [-0.05, 0) is 54.7 Å². The van der Waals surface area contributed by atoms with Crippen molar-refractivity contribution in [1.82, 2.24) is 4.90 Å². The highest BCUT2D eigenvalue weighted by Crippen LogP contribution is 2.39. The molecule has 3 rings (SSSR count). The number of rotatable bonds is 4. The summed E-state index contributed by atoms with van der Waals surface area (Å²) in [5, 5.41) is 11.4. The second-order valence-corrected chi connectivity index (χ2v) is 7.05. The van der Waals surface area contributed by atoms with Crippen LogP contribution in [0.5, 0.6) is 5.75 Å². The molecule has 23 heavy (non-hydrogen) atoms. The first-order chi connectivity index (χ1) is 11.1. The minimum Gasteiger partial charge on any atom is -0.495 e. The van der Waals surface area contributed by atoms with Crippen LogP contribution in [0.4, 0.5) is 11.4 Å². The first-order valence-electron chi connectivity index (χ1n) is 8.11. The molecular weight excluding hydrogens is 362 g/mol. The normalized spacial score (nSPS) is 20.0. The number of nitro benzene ring substituents is 1. The van der Waals surface area contributed by atoms with Crippen molar-refractivity contribution in [3.63, 3.8) is 0 Å². The Hall–Kier alpha value is -1.34. The summed E-state index contributed by atoms with van der Waals surface area (Å²) < 4.78 is 5.92. The average molecular weight is 384 g/mol. The van der Waals surface area contributed by atoms with Crippen LogP contribution in [0.1, 0.15) is 25.7 Å². The van der Waals surface area contributed by atoms with Crippen molar-refractivity contribution in [1.29, 1.82) is 0 Å². The lowest BCUT2D eigenvalue weighted by molar-refractivity contribution is -0.384. The van der Waals surface area contributed by atoms with Crippen LogP contribution >= 0.6 is 15.9 Å². The molecule has 2 fully saturated rings. The summed E-state index contributed by atoms with van der Waals surface area (Å²) in [6, 6.07) is 3.95. The molecule has 0 bridgehead atoms. The van der Waals surface area contributed by atoms with E-state index >= 15 is 0 Å². The monoisotopic (exact) mass is 383 g/mol. The van der Waals surface area contributed by atoms with Gasteiger partial charge in [0.2, 0.25) is 0 Å². The molecule has 2 aliphatic heterocycles. The van der Waals surface area contributed by atoms with Crippen molar-refractivity contribution < 1.29 is 9.66 Å². The van der Waals surface area contributed by atoms with Gasteiger partial charge in [0.25, 0.3) is 5.69 Å². The molecule has 0 aromatic heterocycles. The van der Waals surface area contributed by atoms with Crippen molar-refractivity contribution in [2.45, 2.75) is 31.7 Å². The highest BCUT2D eigenvalue weighted by atomic mass is 79.9. The van der Waals surface area contributed by atoms with Gasteiger partial charge in [-0.3, -0.25) is 10.1 Å². The summed E-state index contributed by atoms with van der Waals surface area (Å²) in [4.78, 5) is 15.8. The highest BCUT2D eigenvalue weighted by molar-refractivity contribution is 9.10. The second-order valence-electron chi connectivity index (χ2n) is 6.19. The van der Waals surface area contributed by atoms with Gasteiger partial charge in [-0.2, -0.15) is 0 Å². The van der Waals surface area contributed by atoms with Gasteiger partial charge in [0.1, 0.15) is 11.4 Å². The Morgan fingerprint density at radius 1 is 1.22 bits per heavy atom. The Balaban J connectivity index is 1.77. The van der Waals surface area contributed by atoms with Gasteiger partial charge in [0, 0.05) is 31.3 Å². The third-order valence-corrected chi connectivity index (χ3v) is 5.53. The van der Waals surface area contributed by atoms with E-state index in [4.69, 9.17) is 4.74 Å². The van der Waals surface area contributed by atoms with Gasteiger partial charge in [-0.15, -0.1) is 0 Å². The SMILES string of the molecule is COc1cc(N2CCC(N3CCCC3)CC2)c([N+](=O)[O-])cc1Br. The lowest BCUT2D eigenvalue weighted by Crippen LogP contribution is -2.44. The molecule has 0 spiro atoms. The predicted octanol–water partition coefficient (Wildman–Crippen LogP) is 3.43. The fourth-order valence-electron chi connectivity index (χ4n) is 3.67. The Labute approximate surface area is 144 Å². The maximum atomic E-state index is 11.4. The number of anilines is 1. The summed E-state index contributed by atoms with van der Waals surface area (Å²) in [5.74, 6) is 0.632. The minimum atomic E-state index is -0.313. The molecule has 2 saturated heterocycles. The zero-order chi connectivity index (χ0) is 16.4. The van der Waals surface area contributed by atoms with E-state index in [0.717, 1.165) is 25.9 Å². The number of likely N-dealkylation sites (tertiary alicyclic amines) is 1. The Kier molecular flexibility index (Phi) is 5.06. The first-order valence-corrected chi connectivity index (χ1v) is 8.90. The zero-order valence-electron chi connectivity index (χ0n) is 13.3. The summed E-state index contributed by atoms with van der Waals surface area (Å²) in [6.45, 7) is 4.12. The van der Waals surface area contributed by atoms with Crippen molar-refractivity contribution in [3.05, 3.63) is 26.7 Å². The third kappa shape index (κ3) is 3.45. The van der Waals surface area contributed by atoms with Gasteiger partial charge in [-0.25, -0.2) is 0 Å². The van der Waals surface area contributed by atoms with E-state index in [-0.39, 0.29) is 10.6 Å². The van der Waals surface area contributed by atoms with Gasteiger partial charge >= 0.3 is 0 Å². The van der Waals surface area contributed by atoms with E-state index in [2.05, 4.69) is 25.7 Å². The molecule has 0 saturated carbocycles. The van der Waals surface area contributed by atoms with Crippen LogP contribution in [0.3, 0.4) is 0 Å². The predicted molar refractivity (Wildman–Crippen MR) is 93.4 cm³/mol. The maximum Gasteiger partial charge on any atom is 0.293 e. The number of hydrogen-bond donors (Lipinski definition) is 0. The van der Waals surface area contributed by atoms with Crippen LogP contribution in [-0.2, 0) is 0 Å². The summed E-state index contributed by atoms with van der Waals surface area (Å²) in [7, 11) is 1.58. The largest absolute Gasteiger partial charge is 0.495 e. The second kappa shape index (κ2) is 7.05. The topological polar surface area (TPSA) is 58.8 Å². The number of ether oxygens (including phenoxy) is 1. The van der Waals surface area contributed by atoms with Gasteiger partial charge in [0.15, 0.2) is 0 Å². The summed E-state index contributed by atoms with van der Waals surface area (Å²) in [6.07, 6.45) is 4.73. The number of methoxy groups -OCH3 is 1. The van der Waals surface area contributed by atoms with Crippen LogP contribution in [-0.4, -0.2) is 49.2 Å². The van der Waals surface area contributed by atoms with E-state index in [9.17, 15) is 10.1 Å². The van der Waals surface area contributed by atoms with Crippen LogP contribution in [0.25, 0.3) is 0 Å². The van der Waals surface area contributed by atoms with Crippen molar-refractivity contribution >= 4 is 27.3 Å². The molecular formula is C16H22BrN3O3. The number of nitro groups is 1. The molecule has 2 heterocycles. The molecule has 6 nitrogen and oxygen atoms in total. The van der Waals surface area contributed by atoms with Gasteiger partial charge in [-0.1, -0.05) is 0 Å². The molecule has 0 N–H and O–H groups in total. The highest BCUT2D eigenvalue weighted by Gasteiger charge is 2.29. The molecule has 0 radical (unpaired) electrons. The molecule has 0 amide bonds. The number of nitrogens with zero attached hydrogens (tertiary/aromatic N) is 3. The third-order valence-electron chi connectivity index (χ3n) is 4.91. The van der Waals surface area contributed by atoms with Crippen molar-refractivity contribution in [2.24, 2.45) is 0 Å². The smallest absolute Gasteiger partial charge is 0.293 e. The van der Waals surface area contributed by atoms with Crippen molar-refractivity contribution in [2.75, 3.05) is 38.2 Å². The standard InChI is InChI=1S/C16H22BrN3O3/c1-23-16-11-14(15(20(21)22)10-13(16)17)19-8-4-12(5-9-19)18-6-2-3-7-18/h10-12H,2-9H2,1H3. The number of halogens is 1. The molecule has 0 aliphatic carbocycles. The van der Waals surface area contributed by atoms with E-state index in [0.29, 0.717) is 22.0 Å². The van der Waals surface area contributed by atoms with E-state index in [1.54, 1.807) is 19.2 Å². The van der Waals surface area contributed by atoms with Gasteiger partial charge < -0.3 is 14.5 Å². The first kappa shape index (κ1) is 16.5. The minimum absolute atomic E-state index is 0.136. The maximum absolute atomic E-state index is 11.4. The molecule has 126 valence electrons. The van der Waals surface area contributed by atoms with Crippen LogP contribution < -0.4 is 9.64 Å². The van der Waals surface area contributed by atoms with Crippen molar-refractivity contribution in [3.8, 4) is 5.75 Å². The average Bonchev–Trinajstić information content (AvgIpc) is 3.09. The quantitative estimate of drug-likeness (QED) is 0.588. The molecule has 1 aromatic rings. The summed E-state index contributed by atoms with van der Waals surface area (Å²) >= 11 is 3.33. The molecule has 0 unspecified atom stereocenters. The zero-order valence-corrected chi connectivity index (χ0v) is 14.9. The van der Waals surface area contributed by atoms with E-state index in [1.807, 2.05) is 0 Å². The Morgan fingerprint density at radius 3 is 2.43 bits per heavy atom. The molecule has 7 heteroatoms. The summed E-state index contributed by atoms with van der Waals surface area (Å²) in [5.41, 5.74) is 0.798.